The number of fused-ring (bicyclic) bond motifs is 3. The van der Waals surface area contributed by atoms with Crippen LogP contribution < -0.4 is 17.2 Å². The van der Waals surface area contributed by atoms with Gasteiger partial charge in [0.2, 0.25) is 5.91 Å². The molecule has 41 heavy (non-hydrogen) atoms. The van der Waals surface area contributed by atoms with Crippen molar-refractivity contribution in [1.29, 1.82) is 0 Å². The predicted octanol–water partition coefficient (Wildman–Crippen LogP) is 2.16. The van der Waals surface area contributed by atoms with Crippen molar-refractivity contribution < 1.29 is 9.21 Å². The number of oxazole rings is 1. The highest BCUT2D eigenvalue weighted by atomic mass is 16.4. The number of carbonyl (C=O) groups excluding carboxylic acids is 1. The summed E-state index contributed by atoms with van der Waals surface area (Å²) < 4.78 is 7.28. The Labute approximate surface area is 236 Å². The molecule has 1 fully saturated rings. The van der Waals surface area contributed by atoms with Crippen LogP contribution in [0.3, 0.4) is 0 Å². The van der Waals surface area contributed by atoms with E-state index >= 15 is 0 Å². The average molecular weight is 553 g/mol. The lowest BCUT2D eigenvalue weighted by atomic mass is 9.97. The van der Waals surface area contributed by atoms with E-state index in [1.165, 1.54) is 17.5 Å². The van der Waals surface area contributed by atoms with Gasteiger partial charge in [0, 0.05) is 37.8 Å². The molecule has 2 aliphatic rings. The van der Waals surface area contributed by atoms with Crippen LogP contribution in [0, 0.1) is 0 Å². The minimum Gasteiger partial charge on any atom is -0.424 e. The topological polar surface area (TPSA) is 171 Å². The van der Waals surface area contributed by atoms with E-state index in [2.05, 4.69) is 38.1 Å². The number of carbonyl (C=O) groups is 1. The van der Waals surface area contributed by atoms with Crippen LogP contribution in [0.4, 0.5) is 11.8 Å². The lowest BCUT2D eigenvalue weighted by molar-refractivity contribution is -0.133. The second-order valence-electron chi connectivity index (χ2n) is 11.0. The van der Waals surface area contributed by atoms with E-state index in [0.717, 1.165) is 50.0 Å². The van der Waals surface area contributed by atoms with Crippen LogP contribution in [0.25, 0.3) is 33.4 Å². The zero-order chi connectivity index (χ0) is 28.1. The maximum absolute atomic E-state index is 13.0. The summed E-state index contributed by atoms with van der Waals surface area (Å²) in [5.41, 5.74) is 25.0. The number of piperidine rings is 1. The van der Waals surface area contributed by atoms with Crippen molar-refractivity contribution >= 4 is 39.9 Å². The standard InChI is InChI=1S/C29H32N10O2/c30-21-6-8-37(9-7-21)15-24(40)38-10-5-18-11-17(1-2-20(18)14-38)13-39-28-25(27(31)33-16-34-28)26(36-39)19-3-4-23-22(12-19)35-29(32)41-23/h1-4,11-12,16,21H,5-10,13-15,30H2,(H2,32,35)(H2,31,33,34). The first-order valence-electron chi connectivity index (χ1n) is 13.9. The molecule has 7 rings (SSSR count). The van der Waals surface area contributed by atoms with Crippen molar-refractivity contribution in [1.82, 2.24) is 34.5 Å². The number of likely N-dealkylation sites (tertiary alicyclic amines) is 1. The molecule has 6 N–H and O–H groups in total. The SMILES string of the molecule is Nc1nc2cc(-c3nn(Cc4ccc5c(c4)CCN(C(=O)CN4CCC(N)CC4)C5)c4ncnc(N)c34)ccc2o1. The normalized spacial score (nSPS) is 16.5. The van der Waals surface area contributed by atoms with Gasteiger partial charge in [-0.15, -0.1) is 0 Å². The fourth-order valence-corrected chi connectivity index (χ4v) is 5.93. The molecule has 5 heterocycles. The summed E-state index contributed by atoms with van der Waals surface area (Å²) in [4.78, 5) is 30.2. The van der Waals surface area contributed by atoms with Crippen LogP contribution >= 0.6 is 0 Å². The molecule has 0 atom stereocenters. The quantitative estimate of drug-likeness (QED) is 0.293. The van der Waals surface area contributed by atoms with Gasteiger partial charge in [0.15, 0.2) is 11.2 Å². The molecule has 0 spiro atoms. The van der Waals surface area contributed by atoms with Gasteiger partial charge in [-0.2, -0.15) is 10.1 Å². The number of hydrogen-bond donors (Lipinski definition) is 3. The smallest absolute Gasteiger partial charge is 0.292 e. The molecule has 3 aromatic heterocycles. The summed E-state index contributed by atoms with van der Waals surface area (Å²) in [7, 11) is 0. The molecule has 210 valence electrons. The highest BCUT2D eigenvalue weighted by Gasteiger charge is 2.25. The summed E-state index contributed by atoms with van der Waals surface area (Å²) >= 11 is 0. The van der Waals surface area contributed by atoms with E-state index in [0.29, 0.717) is 53.3 Å². The zero-order valence-electron chi connectivity index (χ0n) is 22.7. The third-order valence-electron chi connectivity index (χ3n) is 8.20. The van der Waals surface area contributed by atoms with Crippen LogP contribution in [-0.4, -0.2) is 72.7 Å². The van der Waals surface area contributed by atoms with Gasteiger partial charge in [-0.1, -0.05) is 18.2 Å². The number of amides is 1. The number of nitrogens with zero attached hydrogens (tertiary/aromatic N) is 7. The van der Waals surface area contributed by atoms with Crippen LogP contribution in [0.1, 0.15) is 29.5 Å². The monoisotopic (exact) mass is 552 g/mol. The molecule has 0 saturated carbocycles. The molecular formula is C29H32N10O2. The van der Waals surface area contributed by atoms with E-state index in [4.69, 9.17) is 26.7 Å². The molecule has 12 heteroatoms. The average Bonchev–Trinajstić information content (AvgIpc) is 3.53. The lowest BCUT2D eigenvalue weighted by Gasteiger charge is -2.34. The Morgan fingerprint density at radius 3 is 2.73 bits per heavy atom. The molecule has 2 aliphatic heterocycles. The highest BCUT2D eigenvalue weighted by molar-refractivity contribution is 5.99. The molecule has 1 saturated heterocycles. The number of nitrogens with two attached hydrogens (primary N) is 3. The summed E-state index contributed by atoms with van der Waals surface area (Å²) in [5.74, 6) is 0.549. The number of nitrogen functional groups attached to an aromatic ring is 2. The molecule has 2 aromatic carbocycles. The first kappa shape index (κ1) is 25.4. The van der Waals surface area contributed by atoms with Crippen molar-refractivity contribution in [3.63, 3.8) is 0 Å². The Hall–Kier alpha value is -4.55. The van der Waals surface area contributed by atoms with Crippen molar-refractivity contribution in [3.05, 3.63) is 59.4 Å². The number of rotatable bonds is 5. The van der Waals surface area contributed by atoms with E-state index < -0.39 is 0 Å². The van der Waals surface area contributed by atoms with E-state index in [1.54, 1.807) is 0 Å². The Morgan fingerprint density at radius 2 is 1.88 bits per heavy atom. The van der Waals surface area contributed by atoms with Gasteiger partial charge < -0.3 is 26.5 Å². The van der Waals surface area contributed by atoms with Gasteiger partial charge in [0.05, 0.1) is 18.5 Å². The van der Waals surface area contributed by atoms with Crippen LogP contribution in [-0.2, 0) is 24.3 Å². The van der Waals surface area contributed by atoms with E-state index in [9.17, 15) is 4.79 Å². The van der Waals surface area contributed by atoms with E-state index in [-0.39, 0.29) is 18.0 Å². The fourth-order valence-electron chi connectivity index (χ4n) is 5.93. The van der Waals surface area contributed by atoms with Crippen molar-refractivity contribution in [3.8, 4) is 11.3 Å². The summed E-state index contributed by atoms with van der Waals surface area (Å²) in [6, 6.07) is 12.4. The maximum atomic E-state index is 13.0. The van der Waals surface area contributed by atoms with Crippen molar-refractivity contribution in [2.45, 2.75) is 38.4 Å². The Bertz CT molecular complexity index is 1770. The predicted molar refractivity (Wildman–Crippen MR) is 155 cm³/mol. The molecule has 5 aromatic rings. The Balaban J connectivity index is 1.12. The van der Waals surface area contributed by atoms with Crippen LogP contribution in [0.5, 0.6) is 0 Å². The number of aromatic nitrogens is 5. The first-order chi connectivity index (χ1) is 19.9. The third kappa shape index (κ3) is 4.85. The summed E-state index contributed by atoms with van der Waals surface area (Å²) in [6.07, 6.45) is 4.19. The molecule has 12 nitrogen and oxygen atoms in total. The summed E-state index contributed by atoms with van der Waals surface area (Å²) in [5, 5.41) is 5.60. The van der Waals surface area contributed by atoms with Gasteiger partial charge in [-0.25, -0.2) is 14.6 Å². The number of hydrogen-bond acceptors (Lipinski definition) is 10. The van der Waals surface area contributed by atoms with Gasteiger partial charge in [-0.3, -0.25) is 9.69 Å². The van der Waals surface area contributed by atoms with Gasteiger partial charge in [-0.05, 0) is 54.2 Å². The van der Waals surface area contributed by atoms with Crippen LogP contribution in [0.15, 0.2) is 47.1 Å². The maximum Gasteiger partial charge on any atom is 0.292 e. The van der Waals surface area contributed by atoms with Gasteiger partial charge in [0.1, 0.15) is 23.4 Å². The van der Waals surface area contributed by atoms with Crippen LogP contribution in [0.2, 0.25) is 0 Å². The highest BCUT2D eigenvalue weighted by Crippen LogP contribution is 2.33. The second kappa shape index (κ2) is 10.1. The number of benzene rings is 2. The second-order valence-corrected chi connectivity index (χ2v) is 11.0. The van der Waals surface area contributed by atoms with E-state index in [1.807, 2.05) is 27.8 Å². The minimum atomic E-state index is 0.113. The molecule has 1 amide bonds. The Kier molecular flexibility index (Phi) is 6.28. The van der Waals surface area contributed by atoms with Gasteiger partial charge in [0.25, 0.3) is 6.01 Å². The molecular weight excluding hydrogens is 520 g/mol. The van der Waals surface area contributed by atoms with Crippen molar-refractivity contribution in [2.24, 2.45) is 5.73 Å². The zero-order valence-corrected chi connectivity index (χ0v) is 22.7. The van der Waals surface area contributed by atoms with Crippen molar-refractivity contribution in [2.75, 3.05) is 37.6 Å². The number of anilines is 2. The van der Waals surface area contributed by atoms with Gasteiger partial charge >= 0.3 is 0 Å². The molecule has 0 unspecified atom stereocenters. The fraction of sp³-hybridized carbons (Fsp3) is 0.345. The molecule has 0 radical (unpaired) electrons. The summed E-state index contributed by atoms with van der Waals surface area (Å²) in [6.45, 7) is 4.12. The first-order valence-corrected chi connectivity index (χ1v) is 13.9. The molecule has 0 aliphatic carbocycles. The largest absolute Gasteiger partial charge is 0.424 e. The molecule has 0 bridgehead atoms. The Morgan fingerprint density at radius 1 is 1.02 bits per heavy atom. The third-order valence-corrected chi connectivity index (χ3v) is 8.20. The lowest BCUT2D eigenvalue weighted by Crippen LogP contribution is -2.46. The minimum absolute atomic E-state index is 0.113.